The van der Waals surface area contributed by atoms with Gasteiger partial charge in [-0.05, 0) is 12.8 Å². The van der Waals surface area contributed by atoms with Gasteiger partial charge in [0.05, 0.1) is 0 Å². The maximum atomic E-state index is 5.75. The molecule has 2 saturated heterocycles. The number of rotatable bonds is 4. The lowest BCUT2D eigenvalue weighted by molar-refractivity contribution is 0.0747. The lowest BCUT2D eigenvalue weighted by atomic mass is 10.1. The van der Waals surface area contributed by atoms with Crippen LogP contribution in [0, 0.1) is 0 Å². The largest absolute Gasteiger partial charge is 0.531 e. The van der Waals surface area contributed by atoms with E-state index in [0.29, 0.717) is 13.2 Å². The van der Waals surface area contributed by atoms with E-state index in [1.54, 1.807) is 0 Å². The summed E-state index contributed by atoms with van der Waals surface area (Å²) in [4.78, 5) is 0. The molecule has 1 spiro atoms. The number of hydrogen-bond donors (Lipinski definition) is 2. The van der Waals surface area contributed by atoms with E-state index in [2.05, 4.69) is 25.3 Å². The quantitative estimate of drug-likeness (QED) is 0.606. The van der Waals surface area contributed by atoms with E-state index >= 15 is 0 Å². The first-order chi connectivity index (χ1) is 7.99. The smallest absolute Gasteiger partial charge is 0.517 e. The molecule has 0 amide bonds. The van der Waals surface area contributed by atoms with Gasteiger partial charge in [0.25, 0.3) is 0 Å². The van der Waals surface area contributed by atoms with Crippen molar-refractivity contribution >= 4 is 32.2 Å². The van der Waals surface area contributed by atoms with Crippen molar-refractivity contribution in [1.82, 2.24) is 0 Å². The lowest BCUT2D eigenvalue weighted by Gasteiger charge is -2.29. The van der Waals surface area contributed by atoms with Crippen molar-refractivity contribution < 1.29 is 18.6 Å². The van der Waals surface area contributed by atoms with Crippen molar-refractivity contribution in [3.63, 3.8) is 0 Å². The van der Waals surface area contributed by atoms with E-state index in [0.717, 1.165) is 12.8 Å². The van der Waals surface area contributed by atoms with Crippen LogP contribution in [0.4, 0.5) is 0 Å². The van der Waals surface area contributed by atoms with E-state index in [4.69, 9.17) is 18.6 Å². The van der Waals surface area contributed by atoms with Crippen LogP contribution >= 0.6 is 25.3 Å². The van der Waals surface area contributed by atoms with E-state index in [1.165, 1.54) is 0 Å². The molecule has 2 heterocycles. The third-order valence-electron chi connectivity index (χ3n) is 2.90. The monoisotopic (exact) mass is 279 g/mol. The fourth-order valence-electron chi connectivity index (χ4n) is 2.25. The Morgan fingerprint density at radius 2 is 1.41 bits per heavy atom. The molecule has 4 atom stereocenters. The molecule has 7 heteroatoms. The van der Waals surface area contributed by atoms with Crippen LogP contribution in [0.15, 0.2) is 0 Å². The van der Waals surface area contributed by atoms with Gasteiger partial charge < -0.3 is 18.6 Å². The van der Waals surface area contributed by atoms with Crippen molar-refractivity contribution in [3.8, 4) is 0 Å². The standard InChI is InChI=1S/C10H20BO4S2/c1-7(16)3-9-5-12-11(14-9)13-6-10(15-11)4-8(2)17/h7-10,16-17H,3-6H2,1-2H3/q-1. The summed E-state index contributed by atoms with van der Waals surface area (Å²) in [6, 6.07) is 0. The highest BCUT2D eigenvalue weighted by molar-refractivity contribution is 7.81. The predicted molar refractivity (Wildman–Crippen MR) is 73.5 cm³/mol. The Hall–Kier alpha value is 0.605. The van der Waals surface area contributed by atoms with Gasteiger partial charge in [0.2, 0.25) is 0 Å². The Balaban J connectivity index is 1.83. The second kappa shape index (κ2) is 5.71. The van der Waals surface area contributed by atoms with Crippen LogP contribution in [0.3, 0.4) is 0 Å². The van der Waals surface area contributed by atoms with Crippen LogP contribution in [0.1, 0.15) is 26.7 Å². The molecule has 4 unspecified atom stereocenters. The zero-order chi connectivity index (χ0) is 12.5. The first kappa shape index (κ1) is 14.0. The highest BCUT2D eigenvalue weighted by Gasteiger charge is 2.46. The van der Waals surface area contributed by atoms with Gasteiger partial charge in [-0.15, -0.1) is 0 Å². The molecule has 0 aromatic rings. The Kier molecular flexibility index (Phi) is 4.71. The second-order valence-corrected chi connectivity index (χ2v) is 6.69. The van der Waals surface area contributed by atoms with Crippen molar-refractivity contribution in [2.75, 3.05) is 13.2 Å². The van der Waals surface area contributed by atoms with Gasteiger partial charge >= 0.3 is 6.96 Å². The third-order valence-corrected chi connectivity index (χ3v) is 3.32. The Bertz CT molecular complexity index is 239. The molecule has 0 N–H and O–H groups in total. The van der Waals surface area contributed by atoms with Crippen LogP contribution in [-0.2, 0) is 18.6 Å². The minimum atomic E-state index is -1.95. The van der Waals surface area contributed by atoms with Crippen molar-refractivity contribution in [3.05, 3.63) is 0 Å². The van der Waals surface area contributed by atoms with Gasteiger partial charge in [-0.1, -0.05) is 13.8 Å². The maximum Gasteiger partial charge on any atom is 0.531 e. The van der Waals surface area contributed by atoms with Gasteiger partial charge in [-0.25, -0.2) is 0 Å². The summed E-state index contributed by atoms with van der Waals surface area (Å²) < 4.78 is 22.6. The Morgan fingerprint density at radius 1 is 1.00 bits per heavy atom. The van der Waals surface area contributed by atoms with Crippen molar-refractivity contribution in [2.24, 2.45) is 0 Å². The summed E-state index contributed by atoms with van der Waals surface area (Å²) in [5.41, 5.74) is 0. The zero-order valence-electron chi connectivity index (χ0n) is 10.2. The van der Waals surface area contributed by atoms with Crippen LogP contribution in [0.2, 0.25) is 0 Å². The van der Waals surface area contributed by atoms with Crippen LogP contribution in [0.5, 0.6) is 0 Å². The molecule has 2 aliphatic heterocycles. The molecule has 0 aromatic carbocycles. The minimum Gasteiger partial charge on any atom is -0.517 e. The molecule has 4 nitrogen and oxygen atoms in total. The molecule has 2 fully saturated rings. The summed E-state index contributed by atoms with van der Waals surface area (Å²) in [6.45, 7) is 3.16. The van der Waals surface area contributed by atoms with Gasteiger partial charge in [0.1, 0.15) is 0 Å². The second-order valence-electron chi connectivity index (χ2n) is 4.93. The average molecular weight is 279 g/mol. The van der Waals surface area contributed by atoms with E-state index in [1.807, 2.05) is 13.8 Å². The van der Waals surface area contributed by atoms with Gasteiger partial charge in [-0.2, -0.15) is 25.3 Å². The topological polar surface area (TPSA) is 36.9 Å². The summed E-state index contributed by atoms with van der Waals surface area (Å²) >= 11 is 8.69. The molecule has 0 bridgehead atoms. The lowest BCUT2D eigenvalue weighted by Crippen LogP contribution is -2.40. The zero-order valence-corrected chi connectivity index (χ0v) is 12.0. The Labute approximate surface area is 114 Å². The van der Waals surface area contributed by atoms with Crippen molar-refractivity contribution in [1.29, 1.82) is 0 Å². The summed E-state index contributed by atoms with van der Waals surface area (Å²) in [5.74, 6) is 0. The molecule has 0 aliphatic carbocycles. The SMILES string of the molecule is CC(S)CC1CO[B-]2(OCC(CC(C)S)O2)O1. The molecule has 2 aliphatic rings. The molecule has 0 radical (unpaired) electrons. The molecule has 2 rings (SSSR count). The third kappa shape index (κ3) is 3.78. The molecule has 0 saturated carbocycles. The molecule has 17 heavy (non-hydrogen) atoms. The normalized spacial score (nSPS) is 40.9. The van der Waals surface area contributed by atoms with E-state index in [-0.39, 0.29) is 22.7 Å². The fourth-order valence-corrected chi connectivity index (χ4v) is 2.72. The van der Waals surface area contributed by atoms with Gasteiger partial charge in [0, 0.05) is 35.9 Å². The van der Waals surface area contributed by atoms with Crippen LogP contribution in [0.25, 0.3) is 0 Å². The summed E-state index contributed by atoms with van der Waals surface area (Å²) in [6.07, 6.45) is 1.73. The predicted octanol–water partition coefficient (Wildman–Crippen LogP) is 1.67. The molecule has 0 aromatic heterocycles. The first-order valence-corrected chi connectivity index (χ1v) is 7.14. The Morgan fingerprint density at radius 3 is 1.76 bits per heavy atom. The summed E-state index contributed by atoms with van der Waals surface area (Å²) in [5, 5.41) is 0.563. The van der Waals surface area contributed by atoms with Crippen LogP contribution in [-0.4, -0.2) is 42.9 Å². The highest BCUT2D eigenvalue weighted by atomic mass is 32.1. The molecule has 100 valence electrons. The van der Waals surface area contributed by atoms with E-state index < -0.39 is 6.96 Å². The number of hydrogen-bond acceptors (Lipinski definition) is 6. The summed E-state index contributed by atoms with van der Waals surface area (Å²) in [7, 11) is 0. The first-order valence-electron chi connectivity index (χ1n) is 6.11. The highest BCUT2D eigenvalue weighted by Crippen LogP contribution is 2.32. The minimum absolute atomic E-state index is 0.0228. The van der Waals surface area contributed by atoms with Gasteiger partial charge in [-0.3, -0.25) is 0 Å². The maximum absolute atomic E-state index is 5.75. The van der Waals surface area contributed by atoms with Gasteiger partial charge in [0.15, 0.2) is 0 Å². The molecular formula is C10H20BO4S2-. The van der Waals surface area contributed by atoms with E-state index in [9.17, 15) is 0 Å². The number of thiol groups is 2. The van der Waals surface area contributed by atoms with Crippen LogP contribution < -0.4 is 0 Å². The average Bonchev–Trinajstić information content (AvgIpc) is 2.74. The van der Waals surface area contributed by atoms with Crippen molar-refractivity contribution in [2.45, 2.75) is 49.4 Å². The fraction of sp³-hybridized carbons (Fsp3) is 1.00. The molecular weight excluding hydrogens is 259 g/mol.